The van der Waals surface area contributed by atoms with E-state index in [0.29, 0.717) is 11.6 Å². The van der Waals surface area contributed by atoms with Crippen LogP contribution in [0.1, 0.15) is 6.92 Å². The Morgan fingerprint density at radius 2 is 1.73 bits per heavy atom. The second-order valence-corrected chi connectivity index (χ2v) is 6.10. The van der Waals surface area contributed by atoms with Gasteiger partial charge in [-0.2, -0.15) is 0 Å². The molecular formula is C18H23ClN2O. The van der Waals surface area contributed by atoms with Crippen LogP contribution < -0.4 is 4.74 Å². The van der Waals surface area contributed by atoms with Crippen molar-refractivity contribution in [3.8, 4) is 5.75 Å². The molecule has 0 amide bonds. The van der Waals surface area contributed by atoms with Crippen LogP contribution in [0.2, 0.25) is 5.02 Å². The molecule has 0 radical (unpaired) electrons. The first-order valence-corrected chi connectivity index (χ1v) is 8.40. The molecule has 0 aromatic heterocycles. The Labute approximate surface area is 137 Å². The lowest BCUT2D eigenvalue weighted by atomic mass is 10.1. The van der Waals surface area contributed by atoms with E-state index in [1.54, 1.807) is 0 Å². The Bertz CT molecular complexity index is 624. The first kappa shape index (κ1) is 15.6. The van der Waals surface area contributed by atoms with Crippen molar-refractivity contribution in [2.75, 3.05) is 45.9 Å². The molecule has 0 N–H and O–H groups in total. The monoisotopic (exact) mass is 318 g/mol. The second-order valence-electron chi connectivity index (χ2n) is 5.72. The summed E-state index contributed by atoms with van der Waals surface area (Å²) >= 11 is 6.46. The van der Waals surface area contributed by atoms with E-state index in [1.807, 2.05) is 24.3 Å². The van der Waals surface area contributed by atoms with Crippen molar-refractivity contribution in [1.29, 1.82) is 0 Å². The minimum atomic E-state index is 0.685. The van der Waals surface area contributed by atoms with Gasteiger partial charge in [-0.15, -0.1) is 0 Å². The highest BCUT2D eigenvalue weighted by Crippen LogP contribution is 2.32. The van der Waals surface area contributed by atoms with Crippen LogP contribution in [0.3, 0.4) is 0 Å². The fourth-order valence-corrected chi connectivity index (χ4v) is 3.23. The molecule has 0 spiro atoms. The Morgan fingerprint density at radius 3 is 2.50 bits per heavy atom. The molecule has 22 heavy (non-hydrogen) atoms. The van der Waals surface area contributed by atoms with Crippen molar-refractivity contribution < 1.29 is 4.74 Å². The van der Waals surface area contributed by atoms with E-state index in [2.05, 4.69) is 28.9 Å². The fourth-order valence-electron chi connectivity index (χ4n) is 2.94. The highest BCUT2D eigenvalue weighted by Gasteiger charge is 2.15. The molecule has 0 aliphatic carbocycles. The molecule has 1 aliphatic heterocycles. The molecule has 3 rings (SSSR count). The molecule has 1 fully saturated rings. The maximum absolute atomic E-state index is 6.46. The number of hydrogen-bond acceptors (Lipinski definition) is 3. The Hall–Kier alpha value is -1.29. The van der Waals surface area contributed by atoms with Gasteiger partial charge in [-0.3, -0.25) is 4.90 Å². The van der Waals surface area contributed by atoms with Crippen molar-refractivity contribution in [3.63, 3.8) is 0 Å². The Kier molecular flexibility index (Phi) is 5.19. The SMILES string of the molecule is CCN1CCN(CCOc2ccc3ccccc3c2Cl)CC1. The molecule has 2 aromatic rings. The number of rotatable bonds is 5. The van der Waals surface area contributed by atoms with Gasteiger partial charge in [0.05, 0.1) is 5.02 Å². The molecule has 0 atom stereocenters. The molecule has 1 heterocycles. The van der Waals surface area contributed by atoms with Crippen molar-refractivity contribution in [2.24, 2.45) is 0 Å². The van der Waals surface area contributed by atoms with E-state index in [1.165, 1.54) is 0 Å². The lowest BCUT2D eigenvalue weighted by molar-refractivity contribution is 0.121. The van der Waals surface area contributed by atoms with Crippen LogP contribution in [0.15, 0.2) is 36.4 Å². The smallest absolute Gasteiger partial charge is 0.138 e. The summed E-state index contributed by atoms with van der Waals surface area (Å²) in [6, 6.07) is 12.2. The second kappa shape index (κ2) is 7.32. The van der Waals surface area contributed by atoms with E-state index in [4.69, 9.17) is 16.3 Å². The minimum Gasteiger partial charge on any atom is -0.491 e. The minimum absolute atomic E-state index is 0.685. The van der Waals surface area contributed by atoms with Crippen LogP contribution in [0.25, 0.3) is 10.8 Å². The summed E-state index contributed by atoms with van der Waals surface area (Å²) < 4.78 is 5.91. The van der Waals surface area contributed by atoms with Crippen LogP contribution in [0.4, 0.5) is 0 Å². The van der Waals surface area contributed by atoms with Crippen LogP contribution in [-0.2, 0) is 0 Å². The lowest BCUT2D eigenvalue weighted by Gasteiger charge is -2.33. The topological polar surface area (TPSA) is 15.7 Å². The zero-order valence-corrected chi connectivity index (χ0v) is 13.9. The molecule has 0 saturated carbocycles. The zero-order chi connectivity index (χ0) is 15.4. The maximum atomic E-state index is 6.46. The predicted molar refractivity (Wildman–Crippen MR) is 93.0 cm³/mol. The van der Waals surface area contributed by atoms with E-state index in [9.17, 15) is 0 Å². The molecule has 3 nitrogen and oxygen atoms in total. The third-order valence-corrected chi connectivity index (χ3v) is 4.79. The molecule has 2 aromatic carbocycles. The summed E-state index contributed by atoms with van der Waals surface area (Å²) in [5.41, 5.74) is 0. The molecule has 118 valence electrons. The number of halogens is 1. The van der Waals surface area contributed by atoms with E-state index < -0.39 is 0 Å². The Balaban J connectivity index is 1.55. The number of hydrogen-bond donors (Lipinski definition) is 0. The first-order valence-electron chi connectivity index (χ1n) is 8.02. The van der Waals surface area contributed by atoms with Crippen molar-refractivity contribution in [1.82, 2.24) is 9.80 Å². The van der Waals surface area contributed by atoms with Gasteiger partial charge in [0, 0.05) is 38.1 Å². The van der Waals surface area contributed by atoms with Gasteiger partial charge < -0.3 is 9.64 Å². The Morgan fingerprint density at radius 1 is 1.00 bits per heavy atom. The summed E-state index contributed by atoms with van der Waals surface area (Å²) in [4.78, 5) is 4.94. The summed E-state index contributed by atoms with van der Waals surface area (Å²) in [6.45, 7) is 9.59. The molecule has 1 aliphatic rings. The van der Waals surface area contributed by atoms with Crippen molar-refractivity contribution in [2.45, 2.75) is 6.92 Å². The van der Waals surface area contributed by atoms with E-state index >= 15 is 0 Å². The number of piperazine rings is 1. The average molecular weight is 319 g/mol. The molecule has 1 saturated heterocycles. The van der Waals surface area contributed by atoms with Gasteiger partial charge >= 0.3 is 0 Å². The largest absolute Gasteiger partial charge is 0.491 e. The first-order chi connectivity index (χ1) is 10.8. The predicted octanol–water partition coefficient (Wildman–Crippen LogP) is 3.51. The van der Waals surface area contributed by atoms with E-state index in [0.717, 1.165) is 55.8 Å². The standard InChI is InChI=1S/C18H23ClN2O/c1-2-20-9-11-21(12-10-20)13-14-22-17-8-7-15-5-3-4-6-16(15)18(17)19/h3-8H,2,9-14H2,1H3. The normalized spacial score (nSPS) is 17.0. The van der Waals surface area contributed by atoms with Crippen LogP contribution in [0, 0.1) is 0 Å². The highest BCUT2D eigenvalue weighted by atomic mass is 35.5. The van der Waals surface area contributed by atoms with Crippen LogP contribution in [0.5, 0.6) is 5.75 Å². The highest BCUT2D eigenvalue weighted by molar-refractivity contribution is 6.37. The van der Waals surface area contributed by atoms with Gasteiger partial charge in [0.15, 0.2) is 0 Å². The molecule has 0 bridgehead atoms. The van der Waals surface area contributed by atoms with Gasteiger partial charge in [-0.25, -0.2) is 0 Å². The number of fused-ring (bicyclic) bond motifs is 1. The van der Waals surface area contributed by atoms with Crippen molar-refractivity contribution >= 4 is 22.4 Å². The maximum Gasteiger partial charge on any atom is 0.138 e. The fraction of sp³-hybridized carbons (Fsp3) is 0.444. The number of likely N-dealkylation sites (N-methyl/N-ethyl adjacent to an activating group) is 1. The van der Waals surface area contributed by atoms with Gasteiger partial charge in [0.1, 0.15) is 12.4 Å². The van der Waals surface area contributed by atoms with E-state index in [-0.39, 0.29) is 0 Å². The number of nitrogens with zero attached hydrogens (tertiary/aromatic N) is 2. The third kappa shape index (κ3) is 3.54. The lowest BCUT2D eigenvalue weighted by Crippen LogP contribution is -2.47. The van der Waals surface area contributed by atoms with Gasteiger partial charge in [-0.1, -0.05) is 48.9 Å². The van der Waals surface area contributed by atoms with Gasteiger partial charge in [-0.05, 0) is 18.0 Å². The molecule has 4 heteroatoms. The van der Waals surface area contributed by atoms with Gasteiger partial charge in [0.2, 0.25) is 0 Å². The zero-order valence-electron chi connectivity index (χ0n) is 13.1. The van der Waals surface area contributed by atoms with Gasteiger partial charge in [0.25, 0.3) is 0 Å². The average Bonchev–Trinajstić information content (AvgIpc) is 2.58. The quantitative estimate of drug-likeness (QED) is 0.839. The summed E-state index contributed by atoms with van der Waals surface area (Å²) in [5, 5.41) is 2.92. The summed E-state index contributed by atoms with van der Waals surface area (Å²) in [7, 11) is 0. The number of ether oxygens (including phenoxy) is 1. The number of benzene rings is 2. The summed E-state index contributed by atoms with van der Waals surface area (Å²) in [5.74, 6) is 0.785. The molecular weight excluding hydrogens is 296 g/mol. The molecule has 0 unspecified atom stereocenters. The van der Waals surface area contributed by atoms with Crippen LogP contribution >= 0.6 is 11.6 Å². The summed E-state index contributed by atoms with van der Waals surface area (Å²) in [6.07, 6.45) is 0. The third-order valence-electron chi connectivity index (χ3n) is 4.41. The van der Waals surface area contributed by atoms with Crippen molar-refractivity contribution in [3.05, 3.63) is 41.4 Å². The van der Waals surface area contributed by atoms with Crippen LogP contribution in [-0.4, -0.2) is 55.7 Å².